The van der Waals surface area contributed by atoms with Gasteiger partial charge in [-0.05, 0) is 12.1 Å². The van der Waals surface area contributed by atoms with E-state index in [4.69, 9.17) is 4.74 Å². The highest BCUT2D eigenvalue weighted by molar-refractivity contribution is 5.63. The van der Waals surface area contributed by atoms with E-state index >= 15 is 0 Å². The monoisotopic (exact) mass is 256 g/mol. The van der Waals surface area contributed by atoms with Crippen molar-refractivity contribution >= 4 is 11.4 Å². The lowest BCUT2D eigenvalue weighted by atomic mass is 10.2. The van der Waals surface area contributed by atoms with Crippen LogP contribution in [0.3, 0.4) is 0 Å². The normalized spacial score (nSPS) is 14.7. The topological polar surface area (TPSA) is 55.6 Å². The molecule has 0 saturated carbocycles. The Morgan fingerprint density at radius 2 is 1.94 bits per heavy atom. The molecule has 1 saturated heterocycles. The van der Waals surface area contributed by atoms with E-state index in [2.05, 4.69) is 0 Å². The summed E-state index contributed by atoms with van der Waals surface area (Å²) in [6, 6.07) is 4.14. The molecule has 5 nitrogen and oxygen atoms in total. The summed E-state index contributed by atoms with van der Waals surface area (Å²) in [5.41, 5.74) is -0.127. The number of nitro groups is 1. The molecule has 0 radical (unpaired) electrons. The maximum Gasteiger partial charge on any atom is 0.327 e. The number of halogens is 1. The van der Waals surface area contributed by atoms with Gasteiger partial charge in [-0.25, -0.2) is 0 Å². The Kier molecular flexibility index (Phi) is 5.51. The SMILES string of the molecule is CC.O=[N+]([O-])c1c(F)cccc1N1CCOCC1. The van der Waals surface area contributed by atoms with Gasteiger partial charge in [-0.15, -0.1) is 0 Å². The number of hydrogen-bond donors (Lipinski definition) is 0. The lowest BCUT2D eigenvalue weighted by molar-refractivity contribution is -0.386. The minimum absolute atomic E-state index is 0.327. The highest BCUT2D eigenvalue weighted by Crippen LogP contribution is 2.30. The van der Waals surface area contributed by atoms with Gasteiger partial charge >= 0.3 is 5.69 Å². The highest BCUT2D eigenvalue weighted by atomic mass is 19.1. The molecular formula is C12H17FN2O3. The van der Waals surface area contributed by atoms with Crippen LogP contribution in [0, 0.1) is 15.9 Å². The van der Waals surface area contributed by atoms with Crippen molar-refractivity contribution in [1.82, 2.24) is 0 Å². The molecule has 1 heterocycles. The summed E-state index contributed by atoms with van der Waals surface area (Å²) < 4.78 is 18.5. The Bertz CT molecular complexity index is 406. The van der Waals surface area contributed by atoms with Gasteiger partial charge in [0.2, 0.25) is 5.82 Å². The third-order valence-electron chi connectivity index (χ3n) is 2.50. The molecule has 1 aliphatic heterocycles. The van der Waals surface area contributed by atoms with Crippen molar-refractivity contribution in [3.63, 3.8) is 0 Å². The first-order valence-corrected chi connectivity index (χ1v) is 5.96. The van der Waals surface area contributed by atoms with Gasteiger partial charge in [0.15, 0.2) is 0 Å². The van der Waals surface area contributed by atoms with Gasteiger partial charge in [0.1, 0.15) is 5.69 Å². The van der Waals surface area contributed by atoms with Crippen molar-refractivity contribution in [3.05, 3.63) is 34.1 Å². The number of anilines is 1. The summed E-state index contributed by atoms with van der Waals surface area (Å²) in [5, 5.41) is 10.8. The van der Waals surface area contributed by atoms with Gasteiger partial charge in [0, 0.05) is 13.1 Å². The van der Waals surface area contributed by atoms with Gasteiger partial charge < -0.3 is 9.64 Å². The summed E-state index contributed by atoms with van der Waals surface area (Å²) in [6.45, 7) is 6.11. The van der Waals surface area contributed by atoms with Crippen LogP contribution in [0.5, 0.6) is 0 Å². The van der Waals surface area contributed by atoms with Gasteiger partial charge in [-0.1, -0.05) is 19.9 Å². The van der Waals surface area contributed by atoms with Crippen molar-refractivity contribution in [1.29, 1.82) is 0 Å². The average Bonchev–Trinajstić information content (AvgIpc) is 2.41. The van der Waals surface area contributed by atoms with Gasteiger partial charge in [-0.3, -0.25) is 10.1 Å². The number of nitrogens with zero attached hydrogens (tertiary/aromatic N) is 2. The van der Waals surface area contributed by atoms with Crippen LogP contribution >= 0.6 is 0 Å². The maximum atomic E-state index is 13.4. The molecule has 0 aromatic heterocycles. The highest BCUT2D eigenvalue weighted by Gasteiger charge is 2.24. The van der Waals surface area contributed by atoms with E-state index in [0.29, 0.717) is 32.0 Å². The van der Waals surface area contributed by atoms with Crippen LogP contribution in [0.1, 0.15) is 13.8 Å². The molecule has 1 aromatic rings. The van der Waals surface area contributed by atoms with E-state index < -0.39 is 16.4 Å². The van der Waals surface area contributed by atoms with Crippen LogP contribution in [0.4, 0.5) is 15.8 Å². The molecule has 2 rings (SSSR count). The summed E-state index contributed by atoms with van der Waals surface area (Å²) in [5.74, 6) is -0.797. The first-order valence-electron chi connectivity index (χ1n) is 5.96. The van der Waals surface area contributed by atoms with E-state index in [9.17, 15) is 14.5 Å². The molecule has 0 bridgehead atoms. The second kappa shape index (κ2) is 6.90. The number of ether oxygens (including phenoxy) is 1. The van der Waals surface area contributed by atoms with Crippen LogP contribution in [-0.4, -0.2) is 31.2 Å². The molecule has 0 aliphatic carbocycles. The zero-order valence-corrected chi connectivity index (χ0v) is 10.6. The predicted octanol–water partition coefficient (Wildman–Crippen LogP) is 2.60. The smallest absolute Gasteiger partial charge is 0.327 e. The molecule has 0 atom stereocenters. The largest absolute Gasteiger partial charge is 0.378 e. The second-order valence-electron chi connectivity index (χ2n) is 3.46. The number of para-hydroxylation sites is 1. The molecule has 1 fully saturated rings. The molecule has 6 heteroatoms. The molecular weight excluding hydrogens is 239 g/mol. The van der Waals surface area contributed by atoms with Crippen molar-refractivity contribution in [2.45, 2.75) is 13.8 Å². The lowest BCUT2D eigenvalue weighted by Crippen LogP contribution is -2.36. The van der Waals surface area contributed by atoms with Crippen LogP contribution in [0.2, 0.25) is 0 Å². The van der Waals surface area contributed by atoms with E-state index in [1.54, 1.807) is 11.0 Å². The van der Waals surface area contributed by atoms with E-state index in [-0.39, 0.29) is 0 Å². The van der Waals surface area contributed by atoms with Crippen LogP contribution in [0.15, 0.2) is 18.2 Å². The first kappa shape index (κ1) is 14.4. The van der Waals surface area contributed by atoms with Crippen LogP contribution in [-0.2, 0) is 4.74 Å². The summed E-state index contributed by atoms with van der Waals surface area (Å²) in [7, 11) is 0. The van der Waals surface area contributed by atoms with E-state index in [1.165, 1.54) is 6.07 Å². The molecule has 0 amide bonds. The van der Waals surface area contributed by atoms with Crippen LogP contribution in [0.25, 0.3) is 0 Å². The zero-order valence-electron chi connectivity index (χ0n) is 10.6. The lowest BCUT2D eigenvalue weighted by Gasteiger charge is -2.28. The summed E-state index contributed by atoms with van der Waals surface area (Å²) in [6.07, 6.45) is 0. The number of morpholine rings is 1. The maximum absolute atomic E-state index is 13.4. The minimum atomic E-state index is -0.797. The second-order valence-corrected chi connectivity index (χ2v) is 3.46. The van der Waals surface area contributed by atoms with Gasteiger partial charge in [0.05, 0.1) is 18.1 Å². The Balaban J connectivity index is 0.000000771. The Morgan fingerprint density at radius 3 is 2.50 bits per heavy atom. The molecule has 0 spiro atoms. The van der Waals surface area contributed by atoms with Crippen molar-refractivity contribution < 1.29 is 14.1 Å². The third kappa shape index (κ3) is 3.16. The average molecular weight is 256 g/mol. The van der Waals surface area contributed by atoms with Crippen molar-refractivity contribution in [3.8, 4) is 0 Å². The van der Waals surface area contributed by atoms with Crippen molar-refractivity contribution in [2.75, 3.05) is 31.2 Å². The summed E-state index contributed by atoms with van der Waals surface area (Å²) >= 11 is 0. The molecule has 0 N–H and O–H groups in total. The Morgan fingerprint density at radius 1 is 1.33 bits per heavy atom. The molecule has 100 valence electrons. The van der Waals surface area contributed by atoms with Gasteiger partial charge in [-0.2, -0.15) is 4.39 Å². The van der Waals surface area contributed by atoms with Crippen molar-refractivity contribution in [2.24, 2.45) is 0 Å². The molecule has 1 aromatic carbocycles. The first-order chi connectivity index (χ1) is 8.70. The van der Waals surface area contributed by atoms with E-state index in [0.717, 1.165) is 6.07 Å². The van der Waals surface area contributed by atoms with Gasteiger partial charge in [0.25, 0.3) is 0 Å². The zero-order chi connectivity index (χ0) is 13.5. The van der Waals surface area contributed by atoms with Crippen LogP contribution < -0.4 is 4.90 Å². The minimum Gasteiger partial charge on any atom is -0.378 e. The Labute approximate surface area is 105 Å². The number of rotatable bonds is 2. The number of hydrogen-bond acceptors (Lipinski definition) is 4. The molecule has 1 aliphatic rings. The fourth-order valence-electron chi connectivity index (χ4n) is 1.74. The van der Waals surface area contributed by atoms with E-state index in [1.807, 2.05) is 13.8 Å². The summed E-state index contributed by atoms with van der Waals surface area (Å²) in [4.78, 5) is 11.9. The standard InChI is InChI=1S/C10H11FN2O3.C2H6/c11-8-2-1-3-9(10(8)13(14)15)12-4-6-16-7-5-12;1-2/h1-3H,4-7H2;1-2H3. The molecule has 0 unspecified atom stereocenters. The molecule has 18 heavy (non-hydrogen) atoms. The Hall–Kier alpha value is -1.69. The quantitative estimate of drug-likeness (QED) is 0.603. The fourth-order valence-corrected chi connectivity index (χ4v) is 1.74. The predicted molar refractivity (Wildman–Crippen MR) is 67.4 cm³/mol. The number of benzene rings is 1. The third-order valence-corrected chi connectivity index (χ3v) is 2.50. The fraction of sp³-hybridized carbons (Fsp3) is 0.500. The number of nitro benzene ring substituents is 1.